The number of para-hydroxylation sites is 1. The highest BCUT2D eigenvalue weighted by Gasteiger charge is 2.33. The first kappa shape index (κ1) is 22.1. The molecule has 0 unspecified atom stereocenters. The standard InChI is InChI=1S/C23H28ClN3O3/c1-17-7-3-6-10-20(17)25-12-11-21(28)26-13-15-27(16-14-26)22(23(29)30-2)18-8-4-5-9-19(18)24/h3-10,22,25H,11-16H2,1-2H3/t22-/m0/s1. The molecule has 1 atom stereocenters. The van der Waals surface area contributed by atoms with E-state index in [1.165, 1.54) is 7.11 Å². The Hall–Kier alpha value is -2.57. The van der Waals surface area contributed by atoms with Gasteiger partial charge in [0.25, 0.3) is 0 Å². The van der Waals surface area contributed by atoms with E-state index in [9.17, 15) is 9.59 Å². The van der Waals surface area contributed by atoms with Gasteiger partial charge in [0, 0.05) is 49.9 Å². The van der Waals surface area contributed by atoms with Crippen LogP contribution < -0.4 is 5.32 Å². The number of rotatable bonds is 7. The van der Waals surface area contributed by atoms with E-state index in [1.54, 1.807) is 6.07 Å². The van der Waals surface area contributed by atoms with E-state index >= 15 is 0 Å². The van der Waals surface area contributed by atoms with E-state index < -0.39 is 6.04 Å². The molecule has 1 amide bonds. The van der Waals surface area contributed by atoms with Crippen LogP contribution in [0, 0.1) is 6.92 Å². The van der Waals surface area contributed by atoms with E-state index in [4.69, 9.17) is 16.3 Å². The number of ether oxygens (including phenoxy) is 1. The van der Waals surface area contributed by atoms with Crippen LogP contribution in [0.3, 0.4) is 0 Å². The van der Waals surface area contributed by atoms with Crippen LogP contribution in [0.2, 0.25) is 5.02 Å². The van der Waals surface area contributed by atoms with Gasteiger partial charge in [0.15, 0.2) is 0 Å². The third-order valence-corrected chi connectivity index (χ3v) is 5.80. The predicted molar refractivity (Wildman–Crippen MR) is 119 cm³/mol. The molecule has 1 saturated heterocycles. The zero-order valence-corrected chi connectivity index (χ0v) is 18.2. The van der Waals surface area contributed by atoms with Gasteiger partial charge in [-0.15, -0.1) is 0 Å². The van der Waals surface area contributed by atoms with Gasteiger partial charge in [-0.3, -0.25) is 9.69 Å². The number of hydrogen-bond acceptors (Lipinski definition) is 5. The van der Waals surface area contributed by atoms with E-state index in [1.807, 2.05) is 59.2 Å². The van der Waals surface area contributed by atoms with Gasteiger partial charge in [0.1, 0.15) is 6.04 Å². The summed E-state index contributed by atoms with van der Waals surface area (Å²) in [5.74, 6) is -0.228. The lowest BCUT2D eigenvalue weighted by Crippen LogP contribution is -2.51. The van der Waals surface area contributed by atoms with Gasteiger partial charge in [0.05, 0.1) is 7.11 Å². The molecule has 1 N–H and O–H groups in total. The SMILES string of the molecule is COC(=O)[C@H](c1ccccc1Cl)N1CCN(C(=O)CCNc2ccccc2C)CC1. The maximum absolute atomic E-state index is 12.6. The van der Waals surface area contributed by atoms with Crippen molar-refractivity contribution in [1.82, 2.24) is 9.80 Å². The van der Waals surface area contributed by atoms with Crippen molar-refractivity contribution in [1.29, 1.82) is 0 Å². The Balaban J connectivity index is 1.55. The average Bonchev–Trinajstić information content (AvgIpc) is 2.76. The van der Waals surface area contributed by atoms with E-state index in [0.717, 1.165) is 16.8 Å². The highest BCUT2D eigenvalue weighted by atomic mass is 35.5. The molecule has 30 heavy (non-hydrogen) atoms. The summed E-state index contributed by atoms with van der Waals surface area (Å²) in [6.07, 6.45) is 0.430. The maximum Gasteiger partial charge on any atom is 0.327 e. The third-order valence-electron chi connectivity index (χ3n) is 5.46. The second kappa shape index (κ2) is 10.5. The van der Waals surface area contributed by atoms with Crippen LogP contribution in [0.1, 0.15) is 23.6 Å². The van der Waals surface area contributed by atoms with Crippen molar-refractivity contribution in [3.63, 3.8) is 0 Å². The van der Waals surface area contributed by atoms with E-state index in [-0.39, 0.29) is 11.9 Å². The summed E-state index contributed by atoms with van der Waals surface area (Å²) in [6, 6.07) is 14.8. The first-order valence-corrected chi connectivity index (χ1v) is 10.5. The molecule has 2 aromatic rings. The summed E-state index contributed by atoms with van der Waals surface area (Å²) in [6.45, 7) is 4.95. The summed E-state index contributed by atoms with van der Waals surface area (Å²) in [5.41, 5.74) is 2.94. The molecule has 160 valence electrons. The highest BCUT2D eigenvalue weighted by molar-refractivity contribution is 6.31. The molecule has 1 aliphatic heterocycles. The molecule has 7 heteroatoms. The summed E-state index contributed by atoms with van der Waals surface area (Å²) < 4.78 is 5.03. The number of nitrogens with one attached hydrogen (secondary N) is 1. The van der Waals surface area contributed by atoms with E-state index in [2.05, 4.69) is 5.32 Å². The van der Waals surface area contributed by atoms with E-state index in [0.29, 0.717) is 44.2 Å². The zero-order valence-electron chi connectivity index (χ0n) is 17.4. The molecule has 1 aliphatic rings. The fourth-order valence-corrected chi connectivity index (χ4v) is 3.98. The molecule has 3 rings (SSSR count). The van der Waals surface area contributed by atoms with Crippen molar-refractivity contribution in [2.24, 2.45) is 0 Å². The number of hydrogen-bond donors (Lipinski definition) is 1. The Labute approximate surface area is 182 Å². The molecule has 0 bridgehead atoms. The normalized spacial score (nSPS) is 15.5. The summed E-state index contributed by atoms with van der Waals surface area (Å²) >= 11 is 6.33. The molecular formula is C23H28ClN3O3. The number of esters is 1. The van der Waals surface area contributed by atoms with Gasteiger partial charge < -0.3 is 15.0 Å². The Morgan fingerprint density at radius 3 is 2.40 bits per heavy atom. The number of benzene rings is 2. The van der Waals surface area contributed by atoms with Crippen LogP contribution >= 0.6 is 11.6 Å². The molecule has 0 saturated carbocycles. The minimum Gasteiger partial charge on any atom is -0.468 e. The number of carbonyl (C=O) groups excluding carboxylic acids is 2. The lowest BCUT2D eigenvalue weighted by atomic mass is 10.0. The fraction of sp³-hybridized carbons (Fsp3) is 0.391. The van der Waals surface area contributed by atoms with Crippen molar-refractivity contribution in [2.75, 3.05) is 45.2 Å². The Morgan fingerprint density at radius 2 is 1.73 bits per heavy atom. The number of amides is 1. The summed E-state index contributed by atoms with van der Waals surface area (Å²) in [5, 5.41) is 3.86. The van der Waals surface area contributed by atoms with Crippen LogP contribution in [-0.4, -0.2) is 61.5 Å². The quantitative estimate of drug-likeness (QED) is 0.682. The number of aryl methyl sites for hydroxylation is 1. The molecule has 2 aromatic carbocycles. The highest BCUT2D eigenvalue weighted by Crippen LogP contribution is 2.29. The third kappa shape index (κ3) is 5.32. The predicted octanol–water partition coefficient (Wildman–Crippen LogP) is 3.51. The van der Waals surface area contributed by atoms with Crippen LogP contribution in [0.4, 0.5) is 5.69 Å². The number of carbonyl (C=O) groups is 2. The number of anilines is 1. The van der Waals surface area contributed by atoms with Crippen molar-refractivity contribution >= 4 is 29.2 Å². The molecule has 6 nitrogen and oxygen atoms in total. The zero-order chi connectivity index (χ0) is 21.5. The molecule has 0 radical (unpaired) electrons. The lowest BCUT2D eigenvalue weighted by molar-refractivity contribution is -0.148. The molecule has 0 spiro atoms. The van der Waals surface area contributed by atoms with Crippen LogP contribution in [-0.2, 0) is 14.3 Å². The van der Waals surface area contributed by atoms with Gasteiger partial charge in [-0.05, 0) is 30.2 Å². The Kier molecular flexibility index (Phi) is 7.71. The van der Waals surface area contributed by atoms with Crippen molar-refractivity contribution < 1.29 is 14.3 Å². The molecule has 1 heterocycles. The molecule has 1 fully saturated rings. The van der Waals surface area contributed by atoms with Crippen LogP contribution in [0.15, 0.2) is 48.5 Å². The first-order chi connectivity index (χ1) is 14.5. The smallest absolute Gasteiger partial charge is 0.327 e. The monoisotopic (exact) mass is 429 g/mol. The van der Waals surface area contributed by atoms with Crippen LogP contribution in [0.5, 0.6) is 0 Å². The lowest BCUT2D eigenvalue weighted by Gasteiger charge is -2.38. The van der Waals surface area contributed by atoms with Gasteiger partial charge in [-0.25, -0.2) is 4.79 Å². The fourth-order valence-electron chi connectivity index (χ4n) is 3.74. The molecule has 0 aromatic heterocycles. The number of nitrogens with zero attached hydrogens (tertiary/aromatic N) is 2. The molecule has 0 aliphatic carbocycles. The Morgan fingerprint density at radius 1 is 1.07 bits per heavy atom. The number of halogens is 1. The second-order valence-electron chi connectivity index (χ2n) is 7.36. The summed E-state index contributed by atoms with van der Waals surface area (Å²) in [7, 11) is 1.38. The van der Waals surface area contributed by atoms with Gasteiger partial charge in [-0.1, -0.05) is 48.0 Å². The topological polar surface area (TPSA) is 61.9 Å². The van der Waals surface area contributed by atoms with Gasteiger partial charge >= 0.3 is 5.97 Å². The maximum atomic E-state index is 12.6. The first-order valence-electron chi connectivity index (χ1n) is 10.1. The largest absolute Gasteiger partial charge is 0.468 e. The number of methoxy groups -OCH3 is 1. The Bertz CT molecular complexity index is 882. The summed E-state index contributed by atoms with van der Waals surface area (Å²) in [4.78, 5) is 29.0. The van der Waals surface area contributed by atoms with Crippen molar-refractivity contribution in [3.8, 4) is 0 Å². The van der Waals surface area contributed by atoms with Gasteiger partial charge in [0.2, 0.25) is 5.91 Å². The average molecular weight is 430 g/mol. The minimum absolute atomic E-state index is 0.114. The van der Waals surface area contributed by atoms with Crippen molar-refractivity contribution in [2.45, 2.75) is 19.4 Å². The van der Waals surface area contributed by atoms with Crippen molar-refractivity contribution in [3.05, 3.63) is 64.7 Å². The van der Waals surface area contributed by atoms with Gasteiger partial charge in [-0.2, -0.15) is 0 Å². The van der Waals surface area contributed by atoms with Crippen LogP contribution in [0.25, 0.3) is 0 Å². The number of piperazine rings is 1. The minimum atomic E-state index is -0.566. The molecular weight excluding hydrogens is 402 g/mol. The second-order valence-corrected chi connectivity index (χ2v) is 7.76.